The van der Waals surface area contributed by atoms with E-state index in [1.165, 1.54) is 0 Å². The zero-order valence-corrected chi connectivity index (χ0v) is 11.1. The van der Waals surface area contributed by atoms with Gasteiger partial charge in [-0.15, -0.1) is 0 Å². The van der Waals surface area contributed by atoms with Crippen LogP contribution in [-0.4, -0.2) is 30.2 Å². The molecule has 4 nitrogen and oxygen atoms in total. The Labute approximate surface area is 111 Å². The summed E-state index contributed by atoms with van der Waals surface area (Å²) in [5.74, 6) is 0.544. The molecule has 0 fully saturated rings. The van der Waals surface area contributed by atoms with Crippen LogP contribution in [0, 0.1) is 0 Å². The molecule has 3 N–H and O–H groups in total. The maximum Gasteiger partial charge on any atom is 0.251 e. The Kier molecular flexibility index (Phi) is 6.46. The molecule has 0 heterocycles. The van der Waals surface area contributed by atoms with Crippen molar-refractivity contribution >= 4 is 24.0 Å². The van der Waals surface area contributed by atoms with Crippen LogP contribution < -0.4 is 11.1 Å². The Balaban J connectivity index is 2.65. The van der Waals surface area contributed by atoms with Gasteiger partial charge in [-0.3, -0.25) is 9.59 Å². The second-order valence-electron chi connectivity index (χ2n) is 3.83. The summed E-state index contributed by atoms with van der Waals surface area (Å²) in [5, 5.41) is 2.65. The van der Waals surface area contributed by atoms with Gasteiger partial charge in [0, 0.05) is 12.1 Å². The summed E-state index contributed by atoms with van der Waals surface area (Å²) in [4.78, 5) is 22.6. The molecule has 0 saturated carbocycles. The first kappa shape index (κ1) is 14.7. The Morgan fingerprint density at radius 1 is 1.56 bits per heavy atom. The van der Waals surface area contributed by atoms with Crippen LogP contribution >= 0.6 is 11.8 Å². The van der Waals surface area contributed by atoms with Crippen molar-refractivity contribution in [1.82, 2.24) is 5.32 Å². The lowest BCUT2D eigenvalue weighted by Crippen LogP contribution is -2.36. The lowest BCUT2D eigenvalue weighted by molar-refractivity contribution is 0.0945. The fraction of sp³-hybridized carbons (Fsp3) is 0.385. The molecule has 1 atom stereocenters. The lowest BCUT2D eigenvalue weighted by Gasteiger charge is -2.11. The third-order valence-corrected chi connectivity index (χ3v) is 3.13. The van der Waals surface area contributed by atoms with Crippen LogP contribution in [-0.2, 0) is 11.3 Å². The fourth-order valence-corrected chi connectivity index (χ4v) is 1.95. The third-order valence-electron chi connectivity index (χ3n) is 2.48. The highest BCUT2D eigenvalue weighted by atomic mass is 32.2. The standard InChI is InChI=1S/C13H17N2O2S/c1-18-6-5-12(9-16)15-13(17)11-4-2-3-10(7-11)8-14/h2-4,7,12H,5-6,8,14H2,1H3,(H,15,17)/t12-/m0/s1. The minimum absolute atomic E-state index is 0.264. The van der Waals surface area contributed by atoms with E-state index in [0.717, 1.165) is 11.3 Å². The van der Waals surface area contributed by atoms with E-state index >= 15 is 0 Å². The SMILES string of the molecule is CSCC[C@@H]([C]=O)NC(=O)c1cccc(CN)c1. The number of thioether (sulfide) groups is 1. The van der Waals surface area contributed by atoms with Gasteiger partial charge in [0.15, 0.2) is 0 Å². The summed E-state index contributed by atoms with van der Waals surface area (Å²) in [6, 6.07) is 6.51. The summed E-state index contributed by atoms with van der Waals surface area (Å²) >= 11 is 1.63. The molecule has 5 heteroatoms. The fourth-order valence-electron chi connectivity index (χ4n) is 1.48. The van der Waals surface area contributed by atoms with E-state index in [9.17, 15) is 9.59 Å². The number of carbonyl (C=O) groups excluding carboxylic acids is 2. The molecular formula is C13H17N2O2S. The van der Waals surface area contributed by atoms with Crippen LogP contribution in [0.2, 0.25) is 0 Å². The molecule has 97 valence electrons. The van der Waals surface area contributed by atoms with Crippen molar-refractivity contribution < 1.29 is 9.59 Å². The molecule has 0 aliphatic carbocycles. The van der Waals surface area contributed by atoms with Gasteiger partial charge in [-0.2, -0.15) is 11.8 Å². The van der Waals surface area contributed by atoms with Gasteiger partial charge in [-0.25, -0.2) is 0 Å². The zero-order chi connectivity index (χ0) is 13.4. The second-order valence-corrected chi connectivity index (χ2v) is 4.82. The van der Waals surface area contributed by atoms with E-state index in [1.807, 2.05) is 18.6 Å². The van der Waals surface area contributed by atoms with Gasteiger partial charge >= 0.3 is 0 Å². The Morgan fingerprint density at radius 2 is 2.33 bits per heavy atom. The number of amides is 1. The number of carbonyl (C=O) groups is 1. The van der Waals surface area contributed by atoms with E-state index in [1.54, 1.807) is 30.0 Å². The maximum atomic E-state index is 11.9. The van der Waals surface area contributed by atoms with Crippen molar-refractivity contribution in [2.45, 2.75) is 19.0 Å². The average Bonchev–Trinajstić information content (AvgIpc) is 2.43. The largest absolute Gasteiger partial charge is 0.342 e. The van der Waals surface area contributed by atoms with Crippen LogP contribution in [0.25, 0.3) is 0 Å². The Hall–Kier alpha value is -1.33. The van der Waals surface area contributed by atoms with Gasteiger partial charge in [0.2, 0.25) is 6.29 Å². The first-order valence-electron chi connectivity index (χ1n) is 5.67. The molecule has 0 aromatic heterocycles. The first-order chi connectivity index (χ1) is 8.71. The zero-order valence-electron chi connectivity index (χ0n) is 10.3. The normalized spacial score (nSPS) is 11.9. The van der Waals surface area contributed by atoms with E-state index in [0.29, 0.717) is 18.5 Å². The van der Waals surface area contributed by atoms with Gasteiger partial charge in [0.1, 0.15) is 0 Å². The van der Waals surface area contributed by atoms with Crippen LogP contribution in [0.15, 0.2) is 24.3 Å². The molecule has 0 aliphatic rings. The van der Waals surface area contributed by atoms with E-state index in [-0.39, 0.29) is 5.91 Å². The highest BCUT2D eigenvalue weighted by molar-refractivity contribution is 7.98. The lowest BCUT2D eigenvalue weighted by atomic mass is 10.1. The molecule has 1 aromatic rings. The van der Waals surface area contributed by atoms with Gasteiger partial charge in [-0.1, -0.05) is 12.1 Å². The monoisotopic (exact) mass is 265 g/mol. The van der Waals surface area contributed by atoms with Crippen LogP contribution in [0.3, 0.4) is 0 Å². The quantitative estimate of drug-likeness (QED) is 0.774. The Morgan fingerprint density at radius 3 is 2.94 bits per heavy atom. The predicted molar refractivity (Wildman–Crippen MR) is 74.3 cm³/mol. The van der Waals surface area contributed by atoms with E-state index in [4.69, 9.17) is 5.73 Å². The van der Waals surface area contributed by atoms with Crippen molar-refractivity contribution in [3.63, 3.8) is 0 Å². The molecule has 1 aromatic carbocycles. The maximum absolute atomic E-state index is 11.9. The third kappa shape index (κ3) is 4.50. The van der Waals surface area contributed by atoms with Crippen molar-refractivity contribution in [3.8, 4) is 0 Å². The molecule has 0 saturated heterocycles. The summed E-state index contributed by atoms with van der Waals surface area (Å²) < 4.78 is 0. The summed E-state index contributed by atoms with van der Waals surface area (Å²) in [5.41, 5.74) is 6.92. The number of rotatable bonds is 7. The molecule has 1 rings (SSSR count). The van der Waals surface area contributed by atoms with E-state index in [2.05, 4.69) is 5.32 Å². The van der Waals surface area contributed by atoms with Gasteiger partial charge < -0.3 is 11.1 Å². The smallest absolute Gasteiger partial charge is 0.251 e. The van der Waals surface area contributed by atoms with Crippen LogP contribution in [0.4, 0.5) is 0 Å². The van der Waals surface area contributed by atoms with Crippen LogP contribution in [0.5, 0.6) is 0 Å². The number of hydrogen-bond acceptors (Lipinski definition) is 4. The van der Waals surface area contributed by atoms with Crippen molar-refractivity contribution in [1.29, 1.82) is 0 Å². The highest BCUT2D eigenvalue weighted by Crippen LogP contribution is 2.06. The molecule has 0 aliphatic heterocycles. The number of nitrogens with two attached hydrogens (primary N) is 1. The minimum Gasteiger partial charge on any atom is -0.342 e. The van der Waals surface area contributed by atoms with Crippen molar-refractivity contribution in [3.05, 3.63) is 35.4 Å². The van der Waals surface area contributed by atoms with Gasteiger partial charge in [-0.05, 0) is 36.1 Å². The topological polar surface area (TPSA) is 72.2 Å². The van der Waals surface area contributed by atoms with Gasteiger partial charge in [0.05, 0.1) is 6.04 Å². The summed E-state index contributed by atoms with van der Waals surface area (Å²) in [6.07, 6.45) is 4.39. The Bertz CT molecular complexity index is 410. The predicted octanol–water partition coefficient (Wildman–Crippen LogP) is 1.11. The molecule has 0 unspecified atom stereocenters. The summed E-state index contributed by atoms with van der Waals surface area (Å²) in [6.45, 7) is 0.386. The molecule has 1 radical (unpaired) electrons. The van der Waals surface area contributed by atoms with Crippen molar-refractivity contribution in [2.24, 2.45) is 5.73 Å². The molecule has 1 amide bonds. The molecule has 0 bridgehead atoms. The number of hydrogen-bond donors (Lipinski definition) is 2. The minimum atomic E-state index is -0.550. The molecule has 0 spiro atoms. The van der Waals surface area contributed by atoms with Crippen LogP contribution in [0.1, 0.15) is 22.3 Å². The summed E-state index contributed by atoms with van der Waals surface area (Å²) in [7, 11) is 0. The average molecular weight is 265 g/mol. The highest BCUT2D eigenvalue weighted by Gasteiger charge is 2.13. The second kappa shape index (κ2) is 7.89. The van der Waals surface area contributed by atoms with Crippen molar-refractivity contribution in [2.75, 3.05) is 12.0 Å². The molecular weight excluding hydrogens is 248 g/mol. The van der Waals surface area contributed by atoms with Gasteiger partial charge in [0.25, 0.3) is 5.91 Å². The number of nitrogens with one attached hydrogen (secondary N) is 1. The first-order valence-corrected chi connectivity index (χ1v) is 7.07. The number of benzene rings is 1. The molecule has 18 heavy (non-hydrogen) atoms. The van der Waals surface area contributed by atoms with E-state index < -0.39 is 6.04 Å².